The van der Waals surface area contributed by atoms with Gasteiger partial charge in [0.15, 0.2) is 0 Å². The van der Waals surface area contributed by atoms with Crippen LogP contribution in [0.3, 0.4) is 0 Å². The third-order valence-electron chi connectivity index (χ3n) is 2.26. The summed E-state index contributed by atoms with van der Waals surface area (Å²) in [6.45, 7) is 2.46. The van der Waals surface area contributed by atoms with Gasteiger partial charge >= 0.3 is 0 Å². The van der Waals surface area contributed by atoms with Crippen molar-refractivity contribution in [3.8, 4) is 0 Å². The molecule has 0 radical (unpaired) electrons. The molecule has 3 nitrogen and oxygen atoms in total. The van der Waals surface area contributed by atoms with E-state index in [0.29, 0.717) is 30.8 Å². The molecule has 4 heteroatoms. The van der Waals surface area contributed by atoms with Gasteiger partial charge in [0.2, 0.25) is 0 Å². The lowest BCUT2D eigenvalue weighted by atomic mass is 10.2. The summed E-state index contributed by atoms with van der Waals surface area (Å²) in [5.41, 5.74) is 6.25. The molecule has 0 aromatic heterocycles. The average Bonchev–Trinajstić information content (AvgIpc) is 2.21. The third-order valence-corrected chi connectivity index (χ3v) is 2.26. The monoisotopic (exact) mass is 212 g/mol. The van der Waals surface area contributed by atoms with Crippen molar-refractivity contribution in [2.24, 2.45) is 0 Å². The van der Waals surface area contributed by atoms with Crippen molar-refractivity contribution in [3.05, 3.63) is 24.0 Å². The molecular formula is C11H17FN2O. The first-order valence-electron chi connectivity index (χ1n) is 5.10. The first kappa shape index (κ1) is 11.8. The zero-order valence-corrected chi connectivity index (χ0v) is 8.83. The number of nitrogens with two attached hydrogens (primary N) is 1. The normalized spacial score (nSPS) is 12.5. The maximum atomic E-state index is 13.3. The van der Waals surface area contributed by atoms with Crippen molar-refractivity contribution in [1.82, 2.24) is 0 Å². The van der Waals surface area contributed by atoms with Gasteiger partial charge in [-0.25, -0.2) is 4.39 Å². The second-order valence-electron chi connectivity index (χ2n) is 3.52. The third kappa shape index (κ3) is 3.75. The fourth-order valence-corrected chi connectivity index (χ4v) is 1.25. The van der Waals surface area contributed by atoms with E-state index in [1.54, 1.807) is 12.1 Å². The van der Waals surface area contributed by atoms with Gasteiger partial charge in [-0.05, 0) is 31.0 Å². The van der Waals surface area contributed by atoms with Crippen LogP contribution in [0, 0.1) is 5.82 Å². The van der Waals surface area contributed by atoms with Crippen molar-refractivity contribution in [1.29, 1.82) is 0 Å². The van der Waals surface area contributed by atoms with Crippen LogP contribution in [-0.2, 0) is 0 Å². The fourth-order valence-electron chi connectivity index (χ4n) is 1.25. The van der Waals surface area contributed by atoms with E-state index >= 15 is 0 Å². The Labute approximate surface area is 89.1 Å². The van der Waals surface area contributed by atoms with Gasteiger partial charge in [-0.1, -0.05) is 6.92 Å². The summed E-state index contributed by atoms with van der Waals surface area (Å²) in [5, 5.41) is 12.2. The van der Waals surface area contributed by atoms with Crippen LogP contribution in [0.5, 0.6) is 0 Å². The quantitative estimate of drug-likeness (QED) is 0.654. The second kappa shape index (κ2) is 5.56. The number of benzene rings is 1. The summed E-state index contributed by atoms with van der Waals surface area (Å²) < 4.78 is 13.3. The molecule has 0 bridgehead atoms. The molecule has 1 rings (SSSR count). The van der Waals surface area contributed by atoms with Gasteiger partial charge in [0.25, 0.3) is 0 Å². The zero-order valence-electron chi connectivity index (χ0n) is 8.83. The molecule has 0 saturated heterocycles. The second-order valence-corrected chi connectivity index (χ2v) is 3.52. The zero-order chi connectivity index (χ0) is 11.3. The predicted molar refractivity (Wildman–Crippen MR) is 60.2 cm³/mol. The van der Waals surface area contributed by atoms with Crippen LogP contribution in [-0.4, -0.2) is 17.8 Å². The van der Waals surface area contributed by atoms with Crippen LogP contribution in [0.2, 0.25) is 0 Å². The van der Waals surface area contributed by atoms with E-state index in [4.69, 9.17) is 5.73 Å². The minimum Gasteiger partial charge on any atom is -0.399 e. The lowest BCUT2D eigenvalue weighted by Gasteiger charge is -2.10. The fraction of sp³-hybridized carbons (Fsp3) is 0.455. The van der Waals surface area contributed by atoms with E-state index in [1.165, 1.54) is 6.07 Å². The van der Waals surface area contributed by atoms with Gasteiger partial charge in [-0.15, -0.1) is 0 Å². The Balaban J connectivity index is 2.44. The number of halogens is 1. The lowest BCUT2D eigenvalue weighted by Crippen LogP contribution is -2.12. The van der Waals surface area contributed by atoms with Crippen molar-refractivity contribution in [3.63, 3.8) is 0 Å². The number of hydrogen-bond donors (Lipinski definition) is 3. The van der Waals surface area contributed by atoms with E-state index in [2.05, 4.69) is 5.32 Å². The van der Waals surface area contributed by atoms with Crippen LogP contribution in [0.25, 0.3) is 0 Å². The van der Waals surface area contributed by atoms with Crippen LogP contribution < -0.4 is 11.1 Å². The largest absolute Gasteiger partial charge is 0.399 e. The molecule has 0 heterocycles. The number of aliphatic hydroxyl groups excluding tert-OH is 1. The summed E-state index contributed by atoms with van der Waals surface area (Å²) in [4.78, 5) is 0. The molecule has 1 aromatic carbocycles. The topological polar surface area (TPSA) is 58.3 Å². The number of nitrogens with one attached hydrogen (secondary N) is 1. The summed E-state index contributed by atoms with van der Waals surface area (Å²) in [6.07, 6.45) is 1.00. The van der Waals surface area contributed by atoms with Gasteiger partial charge in [0, 0.05) is 12.2 Å². The average molecular weight is 212 g/mol. The SMILES string of the molecule is CCC(O)CCNc1ccc(N)cc1F. The standard InChI is InChI=1S/C11H17FN2O/c1-2-9(15)5-6-14-11-4-3-8(13)7-10(11)12/h3-4,7,9,14-15H,2,5-6,13H2,1H3. The minimum absolute atomic E-state index is 0.325. The molecule has 0 spiro atoms. The first-order valence-corrected chi connectivity index (χ1v) is 5.10. The van der Waals surface area contributed by atoms with E-state index in [1.807, 2.05) is 6.92 Å². The molecule has 84 valence electrons. The Kier molecular flexibility index (Phi) is 4.37. The van der Waals surface area contributed by atoms with E-state index < -0.39 is 0 Å². The van der Waals surface area contributed by atoms with Gasteiger partial charge in [-0.3, -0.25) is 0 Å². The first-order chi connectivity index (χ1) is 7.13. The van der Waals surface area contributed by atoms with Gasteiger partial charge in [0.1, 0.15) is 5.82 Å². The smallest absolute Gasteiger partial charge is 0.148 e. The van der Waals surface area contributed by atoms with Crippen molar-refractivity contribution >= 4 is 11.4 Å². The summed E-state index contributed by atoms with van der Waals surface area (Å²) in [6, 6.07) is 4.52. The molecule has 0 saturated carbocycles. The summed E-state index contributed by atoms with van der Waals surface area (Å²) in [7, 11) is 0. The maximum Gasteiger partial charge on any atom is 0.148 e. The molecule has 0 aliphatic rings. The Morgan fingerprint density at radius 3 is 2.87 bits per heavy atom. The Bertz CT molecular complexity index is 317. The van der Waals surface area contributed by atoms with Crippen LogP contribution in [0.4, 0.5) is 15.8 Å². The minimum atomic E-state index is -0.360. The molecule has 1 unspecified atom stereocenters. The molecular weight excluding hydrogens is 195 g/mol. The molecule has 1 aromatic rings. The van der Waals surface area contributed by atoms with Crippen molar-refractivity contribution in [2.45, 2.75) is 25.9 Å². The molecule has 0 aliphatic heterocycles. The maximum absolute atomic E-state index is 13.3. The van der Waals surface area contributed by atoms with Crippen LogP contribution >= 0.6 is 0 Å². The van der Waals surface area contributed by atoms with E-state index in [-0.39, 0.29) is 11.9 Å². The predicted octanol–water partition coefficient (Wildman–Crippen LogP) is 1.98. The number of nitrogen functional groups attached to an aromatic ring is 1. The van der Waals surface area contributed by atoms with Gasteiger partial charge in [-0.2, -0.15) is 0 Å². The van der Waals surface area contributed by atoms with Gasteiger partial charge in [0.05, 0.1) is 11.8 Å². The number of hydrogen-bond acceptors (Lipinski definition) is 3. The molecule has 0 aliphatic carbocycles. The number of rotatable bonds is 5. The highest BCUT2D eigenvalue weighted by molar-refractivity contribution is 5.52. The molecule has 0 amide bonds. The Morgan fingerprint density at radius 1 is 1.53 bits per heavy atom. The van der Waals surface area contributed by atoms with E-state index in [9.17, 15) is 9.50 Å². The Hall–Kier alpha value is -1.29. The van der Waals surface area contributed by atoms with Crippen LogP contribution in [0.15, 0.2) is 18.2 Å². The lowest BCUT2D eigenvalue weighted by molar-refractivity contribution is 0.164. The Morgan fingerprint density at radius 2 is 2.27 bits per heavy atom. The van der Waals surface area contributed by atoms with E-state index in [0.717, 1.165) is 0 Å². The molecule has 1 atom stereocenters. The summed E-state index contributed by atoms with van der Waals surface area (Å²) in [5.74, 6) is -0.360. The van der Waals surface area contributed by atoms with Gasteiger partial charge < -0.3 is 16.2 Å². The van der Waals surface area contributed by atoms with Crippen molar-refractivity contribution in [2.75, 3.05) is 17.6 Å². The molecule has 4 N–H and O–H groups in total. The molecule has 15 heavy (non-hydrogen) atoms. The highest BCUT2D eigenvalue weighted by Gasteiger charge is 2.03. The van der Waals surface area contributed by atoms with Crippen molar-refractivity contribution < 1.29 is 9.50 Å². The highest BCUT2D eigenvalue weighted by Crippen LogP contribution is 2.16. The summed E-state index contributed by atoms with van der Waals surface area (Å²) >= 11 is 0. The highest BCUT2D eigenvalue weighted by atomic mass is 19.1. The number of aliphatic hydroxyl groups is 1. The number of anilines is 2. The molecule has 0 fully saturated rings. The van der Waals surface area contributed by atoms with Crippen LogP contribution in [0.1, 0.15) is 19.8 Å².